The number of nitrogens with one attached hydrogen (secondary N) is 2. The number of fused-ring (bicyclic) bond motifs is 3. The minimum Gasteiger partial charge on any atom is -0.357 e. The first-order valence-corrected chi connectivity index (χ1v) is 6.31. The Kier molecular flexibility index (Phi) is 2.69. The molecule has 2 aromatic rings. The molecule has 0 unspecified atom stereocenters. The highest BCUT2D eigenvalue weighted by Gasteiger charge is 2.22. The number of benzene rings is 1. The third kappa shape index (κ3) is 1.78. The van der Waals surface area contributed by atoms with E-state index < -0.39 is 0 Å². The van der Waals surface area contributed by atoms with Crippen molar-refractivity contribution in [2.24, 2.45) is 0 Å². The summed E-state index contributed by atoms with van der Waals surface area (Å²) in [6, 6.07) is 6.41. The van der Waals surface area contributed by atoms with E-state index in [0.717, 1.165) is 24.4 Å². The van der Waals surface area contributed by atoms with Crippen molar-refractivity contribution in [3.63, 3.8) is 0 Å². The molecule has 3 heteroatoms. The highest BCUT2D eigenvalue weighted by Crippen LogP contribution is 2.32. The lowest BCUT2D eigenvalue weighted by Gasteiger charge is -2.23. The molecule has 0 amide bonds. The first-order chi connectivity index (χ1) is 8.29. The number of aromatic amines is 1. The van der Waals surface area contributed by atoms with Gasteiger partial charge in [-0.3, -0.25) is 0 Å². The lowest BCUT2D eigenvalue weighted by molar-refractivity contribution is 0.502. The molecule has 1 aliphatic heterocycles. The van der Waals surface area contributed by atoms with Gasteiger partial charge in [-0.05, 0) is 43.1 Å². The Morgan fingerprint density at radius 3 is 3.18 bits per heavy atom. The van der Waals surface area contributed by atoms with E-state index in [0.29, 0.717) is 6.04 Å². The van der Waals surface area contributed by atoms with Crippen LogP contribution in [-0.4, -0.2) is 11.5 Å². The molecule has 1 aromatic carbocycles. The fourth-order valence-corrected chi connectivity index (χ4v) is 2.82. The maximum Gasteiger partial charge on any atom is 0.0510 e. The quantitative estimate of drug-likeness (QED) is 0.779. The Labute approximate surface area is 106 Å². The predicted octanol–water partition coefficient (Wildman–Crippen LogP) is 3.58. The third-order valence-corrected chi connectivity index (χ3v) is 3.65. The standard InChI is InChI=1S/C14H15ClN2/c1-2-3-13-14-10(6-7-16-13)11-8-9(15)4-5-12(11)17-14/h2,4-5,8,13,16-17H,1,3,6-7H2/t13-/m0/s1. The Morgan fingerprint density at radius 1 is 1.47 bits per heavy atom. The van der Waals surface area contributed by atoms with Gasteiger partial charge in [0.1, 0.15) is 0 Å². The molecule has 0 radical (unpaired) electrons. The lowest BCUT2D eigenvalue weighted by Crippen LogP contribution is -2.29. The average molecular weight is 247 g/mol. The minimum absolute atomic E-state index is 0.363. The summed E-state index contributed by atoms with van der Waals surface area (Å²) in [7, 11) is 0. The minimum atomic E-state index is 0.363. The molecule has 2 N–H and O–H groups in total. The molecule has 1 atom stereocenters. The van der Waals surface area contributed by atoms with Crippen LogP contribution in [0, 0.1) is 0 Å². The van der Waals surface area contributed by atoms with Crippen LogP contribution in [0.2, 0.25) is 5.02 Å². The van der Waals surface area contributed by atoms with E-state index in [2.05, 4.69) is 29.0 Å². The molecule has 2 heterocycles. The van der Waals surface area contributed by atoms with Crippen molar-refractivity contribution in [1.29, 1.82) is 0 Å². The molecule has 0 saturated carbocycles. The molecule has 2 nitrogen and oxygen atoms in total. The van der Waals surface area contributed by atoms with Gasteiger partial charge in [-0.15, -0.1) is 6.58 Å². The number of halogens is 1. The van der Waals surface area contributed by atoms with Gasteiger partial charge in [0, 0.05) is 21.6 Å². The Bertz CT molecular complexity index is 571. The summed E-state index contributed by atoms with van der Waals surface area (Å²) in [6.07, 6.45) is 3.97. The van der Waals surface area contributed by atoms with Gasteiger partial charge in [-0.25, -0.2) is 0 Å². The summed E-state index contributed by atoms with van der Waals surface area (Å²) >= 11 is 6.07. The van der Waals surface area contributed by atoms with E-state index in [-0.39, 0.29) is 0 Å². The van der Waals surface area contributed by atoms with Crippen LogP contribution < -0.4 is 5.32 Å². The smallest absolute Gasteiger partial charge is 0.0510 e. The summed E-state index contributed by atoms with van der Waals surface area (Å²) in [6.45, 7) is 4.84. The second kappa shape index (κ2) is 4.21. The fourth-order valence-electron chi connectivity index (χ4n) is 2.65. The SMILES string of the molecule is C=CC[C@@H]1NCCc2c1[nH]c1ccc(Cl)cc21. The van der Waals surface area contributed by atoms with E-state index in [1.807, 2.05) is 12.1 Å². The first-order valence-electron chi connectivity index (χ1n) is 5.94. The van der Waals surface area contributed by atoms with Crippen LogP contribution in [0.5, 0.6) is 0 Å². The van der Waals surface area contributed by atoms with Crippen molar-refractivity contribution in [2.45, 2.75) is 18.9 Å². The molecule has 88 valence electrons. The van der Waals surface area contributed by atoms with Crippen LogP contribution >= 0.6 is 11.6 Å². The summed E-state index contributed by atoms with van der Waals surface area (Å²) in [5, 5.41) is 5.59. The van der Waals surface area contributed by atoms with Crippen molar-refractivity contribution >= 4 is 22.5 Å². The predicted molar refractivity (Wildman–Crippen MR) is 72.6 cm³/mol. The van der Waals surface area contributed by atoms with E-state index in [1.54, 1.807) is 0 Å². The molecule has 1 aromatic heterocycles. The lowest BCUT2D eigenvalue weighted by atomic mass is 9.97. The van der Waals surface area contributed by atoms with Gasteiger partial charge in [0.15, 0.2) is 0 Å². The van der Waals surface area contributed by atoms with Crippen LogP contribution in [0.15, 0.2) is 30.9 Å². The van der Waals surface area contributed by atoms with Crippen molar-refractivity contribution in [2.75, 3.05) is 6.54 Å². The van der Waals surface area contributed by atoms with Gasteiger partial charge < -0.3 is 10.3 Å². The molecule has 3 rings (SSSR count). The van der Waals surface area contributed by atoms with Crippen molar-refractivity contribution < 1.29 is 0 Å². The zero-order valence-corrected chi connectivity index (χ0v) is 10.3. The summed E-state index contributed by atoms with van der Waals surface area (Å²) in [4.78, 5) is 3.51. The Morgan fingerprint density at radius 2 is 2.35 bits per heavy atom. The maximum atomic E-state index is 6.07. The normalized spacial score (nSPS) is 19.2. The number of hydrogen-bond donors (Lipinski definition) is 2. The van der Waals surface area contributed by atoms with Gasteiger partial charge in [0.25, 0.3) is 0 Å². The Hall–Kier alpha value is -1.25. The molecule has 0 saturated heterocycles. The molecular formula is C14H15ClN2. The maximum absolute atomic E-state index is 6.07. The van der Waals surface area contributed by atoms with E-state index in [9.17, 15) is 0 Å². The van der Waals surface area contributed by atoms with Gasteiger partial charge >= 0.3 is 0 Å². The summed E-state index contributed by atoms with van der Waals surface area (Å²) in [5.41, 5.74) is 3.89. The van der Waals surface area contributed by atoms with Crippen LogP contribution in [0.4, 0.5) is 0 Å². The number of rotatable bonds is 2. The van der Waals surface area contributed by atoms with Crippen LogP contribution in [0.1, 0.15) is 23.7 Å². The molecule has 1 aliphatic rings. The van der Waals surface area contributed by atoms with E-state index >= 15 is 0 Å². The van der Waals surface area contributed by atoms with E-state index in [4.69, 9.17) is 11.6 Å². The monoisotopic (exact) mass is 246 g/mol. The van der Waals surface area contributed by atoms with E-state index in [1.165, 1.54) is 22.2 Å². The zero-order valence-electron chi connectivity index (χ0n) is 9.59. The molecular weight excluding hydrogens is 232 g/mol. The fraction of sp³-hybridized carbons (Fsp3) is 0.286. The topological polar surface area (TPSA) is 27.8 Å². The van der Waals surface area contributed by atoms with Crippen LogP contribution in [-0.2, 0) is 6.42 Å². The summed E-state index contributed by atoms with van der Waals surface area (Å²) in [5.74, 6) is 0. The average Bonchev–Trinajstić information content (AvgIpc) is 2.69. The van der Waals surface area contributed by atoms with Crippen LogP contribution in [0.3, 0.4) is 0 Å². The highest BCUT2D eigenvalue weighted by atomic mass is 35.5. The van der Waals surface area contributed by atoms with Crippen molar-refractivity contribution in [3.8, 4) is 0 Å². The number of hydrogen-bond acceptors (Lipinski definition) is 1. The van der Waals surface area contributed by atoms with Crippen LogP contribution in [0.25, 0.3) is 10.9 Å². The first kappa shape index (κ1) is 10.9. The highest BCUT2D eigenvalue weighted by molar-refractivity contribution is 6.31. The van der Waals surface area contributed by atoms with Crippen molar-refractivity contribution in [3.05, 3.63) is 47.1 Å². The van der Waals surface area contributed by atoms with Gasteiger partial charge in [-0.1, -0.05) is 17.7 Å². The van der Waals surface area contributed by atoms with Gasteiger partial charge in [-0.2, -0.15) is 0 Å². The molecule has 0 aliphatic carbocycles. The van der Waals surface area contributed by atoms with Crippen molar-refractivity contribution in [1.82, 2.24) is 10.3 Å². The summed E-state index contributed by atoms with van der Waals surface area (Å²) < 4.78 is 0. The molecule has 0 spiro atoms. The molecule has 0 bridgehead atoms. The second-order valence-electron chi connectivity index (χ2n) is 4.49. The third-order valence-electron chi connectivity index (χ3n) is 3.42. The molecule has 0 fully saturated rings. The Balaban J connectivity index is 2.18. The molecule has 17 heavy (non-hydrogen) atoms. The number of aromatic nitrogens is 1. The number of H-pyrrole nitrogens is 1. The van der Waals surface area contributed by atoms with Gasteiger partial charge in [0.05, 0.1) is 6.04 Å². The van der Waals surface area contributed by atoms with Gasteiger partial charge in [0.2, 0.25) is 0 Å². The largest absolute Gasteiger partial charge is 0.357 e. The zero-order chi connectivity index (χ0) is 11.8. The second-order valence-corrected chi connectivity index (χ2v) is 4.92.